The van der Waals surface area contributed by atoms with E-state index in [-0.39, 0.29) is 12.7 Å². The smallest absolute Gasteiger partial charge is 0.119 e. The molecule has 0 saturated heterocycles. The van der Waals surface area contributed by atoms with Crippen molar-refractivity contribution in [2.45, 2.75) is 19.1 Å². The summed E-state index contributed by atoms with van der Waals surface area (Å²) in [6.45, 7) is 2.01. The summed E-state index contributed by atoms with van der Waals surface area (Å²) < 4.78 is 16.8. The van der Waals surface area contributed by atoms with Crippen molar-refractivity contribution in [2.24, 2.45) is 0 Å². The molecule has 0 bridgehead atoms. The fourth-order valence-corrected chi connectivity index (χ4v) is 2.02. The van der Waals surface area contributed by atoms with E-state index in [1.54, 1.807) is 0 Å². The predicted molar refractivity (Wildman–Crippen MR) is 89.5 cm³/mol. The van der Waals surface area contributed by atoms with Crippen LogP contribution < -0.4 is 4.74 Å². The van der Waals surface area contributed by atoms with Crippen molar-refractivity contribution in [1.82, 2.24) is 0 Å². The van der Waals surface area contributed by atoms with E-state index in [1.807, 2.05) is 60.7 Å². The van der Waals surface area contributed by atoms with Crippen molar-refractivity contribution in [1.29, 1.82) is 0 Å². The standard InChI is InChI=1S/C19H24O4/c20-14-19(23-15-17-8-3-1-4-9-17)16-21-12-7-13-22-18-10-5-2-6-11-18/h1-6,8-11,19-20H,7,12-16H2/t19-/m0/s1. The summed E-state index contributed by atoms with van der Waals surface area (Å²) in [6.07, 6.45) is 0.497. The molecule has 0 saturated carbocycles. The lowest BCUT2D eigenvalue weighted by Gasteiger charge is -2.16. The Hall–Kier alpha value is -1.88. The Morgan fingerprint density at radius 3 is 2.26 bits per heavy atom. The topological polar surface area (TPSA) is 47.9 Å². The van der Waals surface area contributed by atoms with Crippen LogP contribution in [0.25, 0.3) is 0 Å². The Morgan fingerprint density at radius 2 is 1.57 bits per heavy atom. The molecule has 2 aromatic carbocycles. The first-order chi connectivity index (χ1) is 11.4. The van der Waals surface area contributed by atoms with Crippen LogP contribution in [0.2, 0.25) is 0 Å². The van der Waals surface area contributed by atoms with Crippen molar-refractivity contribution in [3.05, 3.63) is 66.2 Å². The number of hydrogen-bond donors (Lipinski definition) is 1. The first kappa shape index (κ1) is 17.5. The molecule has 23 heavy (non-hydrogen) atoms. The highest BCUT2D eigenvalue weighted by Gasteiger charge is 2.08. The van der Waals surface area contributed by atoms with E-state index >= 15 is 0 Å². The fraction of sp³-hybridized carbons (Fsp3) is 0.368. The van der Waals surface area contributed by atoms with E-state index in [4.69, 9.17) is 14.2 Å². The van der Waals surface area contributed by atoms with Gasteiger partial charge in [0.1, 0.15) is 11.9 Å². The molecule has 0 aliphatic heterocycles. The van der Waals surface area contributed by atoms with Gasteiger partial charge in [-0.25, -0.2) is 0 Å². The van der Waals surface area contributed by atoms with E-state index in [0.29, 0.717) is 26.4 Å². The van der Waals surface area contributed by atoms with Gasteiger partial charge in [0.2, 0.25) is 0 Å². The molecule has 0 amide bonds. The zero-order valence-corrected chi connectivity index (χ0v) is 13.3. The molecule has 1 N–H and O–H groups in total. The van der Waals surface area contributed by atoms with Crippen molar-refractivity contribution < 1.29 is 19.3 Å². The van der Waals surface area contributed by atoms with E-state index in [1.165, 1.54) is 0 Å². The molecule has 124 valence electrons. The van der Waals surface area contributed by atoms with E-state index in [2.05, 4.69) is 0 Å². The van der Waals surface area contributed by atoms with Crippen LogP contribution in [-0.4, -0.2) is 37.6 Å². The molecule has 0 aromatic heterocycles. The van der Waals surface area contributed by atoms with Crippen molar-refractivity contribution in [3.8, 4) is 5.75 Å². The first-order valence-corrected chi connectivity index (χ1v) is 7.90. The number of ether oxygens (including phenoxy) is 3. The largest absolute Gasteiger partial charge is 0.494 e. The lowest BCUT2D eigenvalue weighted by atomic mass is 10.2. The molecule has 0 aliphatic rings. The highest BCUT2D eigenvalue weighted by molar-refractivity contribution is 5.20. The maximum absolute atomic E-state index is 9.33. The minimum atomic E-state index is -0.301. The summed E-state index contributed by atoms with van der Waals surface area (Å²) >= 11 is 0. The zero-order chi connectivity index (χ0) is 16.2. The Morgan fingerprint density at radius 1 is 0.870 bits per heavy atom. The second kappa shape index (κ2) is 10.8. The monoisotopic (exact) mass is 316 g/mol. The third kappa shape index (κ3) is 7.28. The number of hydrogen-bond acceptors (Lipinski definition) is 4. The number of aliphatic hydroxyl groups is 1. The minimum Gasteiger partial charge on any atom is -0.494 e. The summed E-state index contributed by atoms with van der Waals surface area (Å²) in [6, 6.07) is 19.6. The van der Waals surface area contributed by atoms with Gasteiger partial charge in [0.05, 0.1) is 26.4 Å². The molecule has 4 heteroatoms. The average Bonchev–Trinajstić information content (AvgIpc) is 2.62. The minimum absolute atomic E-state index is 0.0483. The van der Waals surface area contributed by atoms with Gasteiger partial charge in [-0.1, -0.05) is 48.5 Å². The first-order valence-electron chi connectivity index (χ1n) is 7.90. The van der Waals surface area contributed by atoms with Gasteiger partial charge in [0, 0.05) is 13.0 Å². The van der Waals surface area contributed by atoms with Crippen LogP contribution in [0.3, 0.4) is 0 Å². The number of para-hydroxylation sites is 1. The van der Waals surface area contributed by atoms with Crippen LogP contribution in [0.5, 0.6) is 5.75 Å². The summed E-state index contributed by atoms with van der Waals surface area (Å²) in [7, 11) is 0. The van der Waals surface area contributed by atoms with Crippen LogP contribution in [-0.2, 0) is 16.1 Å². The van der Waals surface area contributed by atoms with Gasteiger partial charge in [-0.2, -0.15) is 0 Å². The molecule has 2 aromatic rings. The summed E-state index contributed by atoms with van der Waals surface area (Å²) in [4.78, 5) is 0. The van der Waals surface area contributed by atoms with Crippen molar-refractivity contribution >= 4 is 0 Å². The van der Waals surface area contributed by atoms with Gasteiger partial charge in [0.25, 0.3) is 0 Å². The molecule has 1 atom stereocenters. The molecule has 0 heterocycles. The van der Waals surface area contributed by atoms with Gasteiger partial charge < -0.3 is 19.3 Å². The van der Waals surface area contributed by atoms with Gasteiger partial charge in [0.15, 0.2) is 0 Å². The van der Waals surface area contributed by atoms with Crippen LogP contribution in [0.4, 0.5) is 0 Å². The van der Waals surface area contributed by atoms with E-state index in [9.17, 15) is 5.11 Å². The predicted octanol–water partition coefficient (Wildman–Crippen LogP) is 3.05. The van der Waals surface area contributed by atoms with Crippen LogP contribution in [0, 0.1) is 0 Å². The molecule has 2 rings (SSSR count). The van der Waals surface area contributed by atoms with Crippen LogP contribution >= 0.6 is 0 Å². The highest BCUT2D eigenvalue weighted by Crippen LogP contribution is 2.08. The maximum Gasteiger partial charge on any atom is 0.119 e. The van der Waals surface area contributed by atoms with Crippen molar-refractivity contribution in [2.75, 3.05) is 26.4 Å². The summed E-state index contributed by atoms with van der Waals surface area (Å²) in [5, 5.41) is 9.33. The van der Waals surface area contributed by atoms with E-state index in [0.717, 1.165) is 17.7 Å². The molecule has 0 unspecified atom stereocenters. The van der Waals surface area contributed by atoms with Gasteiger partial charge in [-0.3, -0.25) is 0 Å². The lowest BCUT2D eigenvalue weighted by molar-refractivity contribution is -0.0509. The maximum atomic E-state index is 9.33. The summed E-state index contributed by atoms with van der Waals surface area (Å²) in [5.74, 6) is 0.868. The Kier molecular flexibility index (Phi) is 8.19. The van der Waals surface area contributed by atoms with E-state index < -0.39 is 0 Å². The second-order valence-electron chi connectivity index (χ2n) is 5.19. The lowest BCUT2D eigenvalue weighted by Crippen LogP contribution is -2.24. The van der Waals surface area contributed by atoms with Crippen molar-refractivity contribution in [3.63, 3.8) is 0 Å². The highest BCUT2D eigenvalue weighted by atomic mass is 16.5. The second-order valence-corrected chi connectivity index (χ2v) is 5.19. The SMILES string of the molecule is OC[C@@H](COCCCOc1ccccc1)OCc1ccccc1. The fourth-order valence-electron chi connectivity index (χ4n) is 2.02. The molecular weight excluding hydrogens is 292 g/mol. The van der Waals surface area contributed by atoms with Crippen LogP contribution in [0.15, 0.2) is 60.7 Å². The quantitative estimate of drug-likeness (QED) is 0.647. The Balaban J connectivity index is 1.53. The van der Waals surface area contributed by atoms with Gasteiger partial charge >= 0.3 is 0 Å². The summed E-state index contributed by atoms with van der Waals surface area (Å²) in [5.41, 5.74) is 1.09. The molecule has 0 radical (unpaired) electrons. The van der Waals surface area contributed by atoms with Gasteiger partial charge in [-0.05, 0) is 17.7 Å². The zero-order valence-electron chi connectivity index (χ0n) is 13.3. The molecule has 0 fully saturated rings. The number of benzene rings is 2. The molecule has 4 nitrogen and oxygen atoms in total. The number of rotatable bonds is 11. The van der Waals surface area contributed by atoms with Gasteiger partial charge in [-0.15, -0.1) is 0 Å². The third-order valence-corrected chi connectivity index (χ3v) is 3.28. The van der Waals surface area contributed by atoms with Crippen LogP contribution in [0.1, 0.15) is 12.0 Å². The molecule has 0 spiro atoms. The molecule has 0 aliphatic carbocycles. The molecular formula is C19H24O4. The Bertz CT molecular complexity index is 515. The number of aliphatic hydroxyl groups excluding tert-OH is 1. The average molecular weight is 316 g/mol. The third-order valence-electron chi connectivity index (χ3n) is 3.28. The Labute approximate surface area is 137 Å². The normalized spacial score (nSPS) is 12.0.